The highest BCUT2D eigenvalue weighted by Crippen LogP contribution is 2.08. The summed E-state index contributed by atoms with van der Waals surface area (Å²) in [4.78, 5) is 11.3. The summed E-state index contributed by atoms with van der Waals surface area (Å²) in [5, 5.41) is 6.38. The number of nitrogens with zero attached hydrogens (tertiary/aromatic N) is 1. The molecule has 0 spiro atoms. The Kier molecular flexibility index (Phi) is 2.70. The molecule has 0 saturated carbocycles. The Hall–Kier alpha value is -1.32. The Morgan fingerprint density at radius 3 is 2.77 bits per heavy atom. The largest absolute Gasteiger partial charge is 0.460 e. The van der Waals surface area contributed by atoms with Gasteiger partial charge in [-0.3, -0.25) is 9.89 Å². The number of aromatic nitrogens is 2. The molecule has 1 aromatic heterocycles. The summed E-state index contributed by atoms with van der Waals surface area (Å²) in [7, 11) is 0. The number of hydrogen-bond acceptors (Lipinski definition) is 3. The standard InChI is InChI=1S/C9H14N2O2/c1-9(2,3)13-8(12)4-7-5-10-11-6-7/h5-6H,4H2,1-3H3,(H,10,11). The predicted molar refractivity (Wildman–Crippen MR) is 48.1 cm³/mol. The van der Waals surface area contributed by atoms with Crippen molar-refractivity contribution < 1.29 is 9.53 Å². The summed E-state index contributed by atoms with van der Waals surface area (Å²) in [5.74, 6) is -0.228. The molecule has 0 aromatic carbocycles. The van der Waals surface area contributed by atoms with Crippen LogP contribution in [0.25, 0.3) is 0 Å². The number of esters is 1. The highest BCUT2D eigenvalue weighted by atomic mass is 16.6. The van der Waals surface area contributed by atoms with E-state index < -0.39 is 5.60 Å². The molecule has 4 heteroatoms. The van der Waals surface area contributed by atoms with E-state index in [4.69, 9.17) is 4.74 Å². The maximum Gasteiger partial charge on any atom is 0.310 e. The van der Waals surface area contributed by atoms with Gasteiger partial charge < -0.3 is 4.74 Å². The maximum atomic E-state index is 11.3. The average Bonchev–Trinajstić information content (AvgIpc) is 2.34. The lowest BCUT2D eigenvalue weighted by Crippen LogP contribution is -2.24. The fourth-order valence-corrected chi connectivity index (χ4v) is 0.919. The van der Waals surface area contributed by atoms with Crippen LogP contribution in [0.15, 0.2) is 12.4 Å². The van der Waals surface area contributed by atoms with Crippen LogP contribution in [0.4, 0.5) is 0 Å². The average molecular weight is 182 g/mol. The van der Waals surface area contributed by atoms with Crippen LogP contribution >= 0.6 is 0 Å². The first-order valence-electron chi connectivity index (χ1n) is 4.17. The van der Waals surface area contributed by atoms with Gasteiger partial charge in [0.15, 0.2) is 0 Å². The van der Waals surface area contributed by atoms with Gasteiger partial charge in [-0.1, -0.05) is 0 Å². The smallest absolute Gasteiger partial charge is 0.310 e. The summed E-state index contributed by atoms with van der Waals surface area (Å²) in [6.07, 6.45) is 3.57. The molecule has 0 fully saturated rings. The molecule has 0 radical (unpaired) electrons. The number of aromatic amines is 1. The van der Waals surface area contributed by atoms with Gasteiger partial charge in [0, 0.05) is 11.8 Å². The summed E-state index contributed by atoms with van der Waals surface area (Å²) in [5.41, 5.74) is 0.426. The molecule has 0 aliphatic rings. The van der Waals surface area contributed by atoms with E-state index in [-0.39, 0.29) is 12.4 Å². The Bertz CT molecular complexity index is 272. The van der Waals surface area contributed by atoms with E-state index in [1.54, 1.807) is 12.4 Å². The van der Waals surface area contributed by atoms with Gasteiger partial charge in [0.25, 0.3) is 0 Å². The van der Waals surface area contributed by atoms with E-state index in [1.165, 1.54) is 0 Å². The minimum atomic E-state index is -0.416. The van der Waals surface area contributed by atoms with Gasteiger partial charge in [0.2, 0.25) is 0 Å². The second-order valence-corrected chi connectivity index (χ2v) is 3.87. The number of carbonyl (C=O) groups excluding carboxylic acids is 1. The Morgan fingerprint density at radius 1 is 1.62 bits per heavy atom. The molecule has 1 rings (SSSR count). The molecule has 0 saturated heterocycles. The van der Waals surface area contributed by atoms with E-state index in [9.17, 15) is 4.79 Å². The molecule has 72 valence electrons. The molecule has 1 heterocycles. The lowest BCUT2D eigenvalue weighted by molar-refractivity contribution is -0.153. The van der Waals surface area contributed by atoms with Crippen molar-refractivity contribution in [1.82, 2.24) is 10.2 Å². The number of carbonyl (C=O) groups is 1. The molecular formula is C9H14N2O2. The van der Waals surface area contributed by atoms with Crippen LogP contribution in [0.5, 0.6) is 0 Å². The van der Waals surface area contributed by atoms with Gasteiger partial charge in [0.05, 0.1) is 12.6 Å². The lowest BCUT2D eigenvalue weighted by atomic mass is 10.2. The van der Waals surface area contributed by atoms with E-state index in [0.717, 1.165) is 5.56 Å². The summed E-state index contributed by atoms with van der Waals surface area (Å²) >= 11 is 0. The first-order valence-corrected chi connectivity index (χ1v) is 4.17. The topological polar surface area (TPSA) is 55.0 Å². The molecule has 4 nitrogen and oxygen atoms in total. The third-order valence-corrected chi connectivity index (χ3v) is 1.32. The number of nitrogens with one attached hydrogen (secondary N) is 1. The molecule has 13 heavy (non-hydrogen) atoms. The van der Waals surface area contributed by atoms with E-state index in [1.807, 2.05) is 20.8 Å². The molecular weight excluding hydrogens is 168 g/mol. The molecule has 0 aliphatic carbocycles. The summed E-state index contributed by atoms with van der Waals surface area (Å²) < 4.78 is 5.13. The van der Waals surface area contributed by atoms with Crippen molar-refractivity contribution in [3.05, 3.63) is 18.0 Å². The molecule has 0 aliphatic heterocycles. The first-order chi connectivity index (χ1) is 5.97. The number of ether oxygens (including phenoxy) is 1. The monoisotopic (exact) mass is 182 g/mol. The van der Waals surface area contributed by atoms with Crippen molar-refractivity contribution in [2.45, 2.75) is 32.8 Å². The van der Waals surface area contributed by atoms with E-state index in [0.29, 0.717) is 0 Å². The molecule has 0 unspecified atom stereocenters. The second-order valence-electron chi connectivity index (χ2n) is 3.87. The van der Waals surface area contributed by atoms with Crippen molar-refractivity contribution in [3.63, 3.8) is 0 Å². The van der Waals surface area contributed by atoms with Crippen LogP contribution < -0.4 is 0 Å². The minimum Gasteiger partial charge on any atom is -0.460 e. The molecule has 0 bridgehead atoms. The number of H-pyrrole nitrogens is 1. The van der Waals surface area contributed by atoms with Crippen molar-refractivity contribution in [3.8, 4) is 0 Å². The van der Waals surface area contributed by atoms with Crippen LogP contribution in [-0.4, -0.2) is 21.8 Å². The van der Waals surface area contributed by atoms with Crippen LogP contribution in [0.2, 0.25) is 0 Å². The lowest BCUT2D eigenvalue weighted by Gasteiger charge is -2.19. The molecule has 0 amide bonds. The number of rotatable bonds is 2. The van der Waals surface area contributed by atoms with Gasteiger partial charge in [-0.25, -0.2) is 0 Å². The Labute approximate surface area is 77.3 Å². The predicted octanol–water partition coefficient (Wildman–Crippen LogP) is 1.29. The van der Waals surface area contributed by atoms with E-state index in [2.05, 4.69) is 10.2 Å². The molecule has 1 N–H and O–H groups in total. The van der Waals surface area contributed by atoms with Crippen molar-refractivity contribution in [2.24, 2.45) is 0 Å². The summed E-state index contributed by atoms with van der Waals surface area (Å²) in [6.45, 7) is 5.54. The maximum absolute atomic E-state index is 11.3. The summed E-state index contributed by atoms with van der Waals surface area (Å²) in [6, 6.07) is 0. The van der Waals surface area contributed by atoms with Crippen LogP contribution in [0.1, 0.15) is 26.3 Å². The Morgan fingerprint density at radius 2 is 2.31 bits per heavy atom. The van der Waals surface area contributed by atoms with Gasteiger partial charge in [-0.05, 0) is 20.8 Å². The van der Waals surface area contributed by atoms with Crippen molar-refractivity contribution in [2.75, 3.05) is 0 Å². The van der Waals surface area contributed by atoms with Gasteiger partial charge in [-0.2, -0.15) is 5.10 Å². The zero-order valence-corrected chi connectivity index (χ0v) is 8.13. The third-order valence-electron chi connectivity index (χ3n) is 1.32. The second kappa shape index (κ2) is 3.60. The minimum absolute atomic E-state index is 0.228. The Balaban J connectivity index is 2.43. The van der Waals surface area contributed by atoms with Crippen LogP contribution in [-0.2, 0) is 16.0 Å². The van der Waals surface area contributed by atoms with Crippen LogP contribution in [0.3, 0.4) is 0 Å². The highest BCUT2D eigenvalue weighted by Gasteiger charge is 2.16. The fourth-order valence-electron chi connectivity index (χ4n) is 0.919. The third kappa shape index (κ3) is 3.73. The zero-order chi connectivity index (χ0) is 9.90. The normalized spacial score (nSPS) is 11.3. The zero-order valence-electron chi connectivity index (χ0n) is 8.13. The highest BCUT2D eigenvalue weighted by molar-refractivity contribution is 5.72. The van der Waals surface area contributed by atoms with Gasteiger partial charge in [-0.15, -0.1) is 0 Å². The van der Waals surface area contributed by atoms with Crippen molar-refractivity contribution in [1.29, 1.82) is 0 Å². The quantitative estimate of drug-likeness (QED) is 0.701. The van der Waals surface area contributed by atoms with Gasteiger partial charge in [0.1, 0.15) is 5.60 Å². The fraction of sp³-hybridized carbons (Fsp3) is 0.556. The van der Waals surface area contributed by atoms with Crippen molar-refractivity contribution >= 4 is 5.97 Å². The molecule has 0 atom stereocenters. The molecule has 1 aromatic rings. The van der Waals surface area contributed by atoms with E-state index >= 15 is 0 Å². The van der Waals surface area contributed by atoms with Gasteiger partial charge >= 0.3 is 5.97 Å². The van der Waals surface area contributed by atoms with Crippen LogP contribution in [0, 0.1) is 0 Å². The SMILES string of the molecule is CC(C)(C)OC(=O)Cc1cn[nH]c1. The number of hydrogen-bond donors (Lipinski definition) is 1. The first kappa shape index (κ1) is 9.77.